The van der Waals surface area contributed by atoms with Crippen LogP contribution in [-0.2, 0) is 23.1 Å². The summed E-state index contributed by atoms with van der Waals surface area (Å²) >= 11 is 0. The number of hydrogen-bond acceptors (Lipinski definition) is 5. The molecule has 3 aromatic rings. The Morgan fingerprint density at radius 2 is 1.88 bits per heavy atom. The number of aliphatic hydroxyl groups is 1. The molecule has 2 N–H and O–H groups in total. The van der Waals surface area contributed by atoms with Crippen LogP contribution in [0.2, 0.25) is 0 Å². The van der Waals surface area contributed by atoms with Crippen molar-refractivity contribution in [3.63, 3.8) is 0 Å². The second-order valence-corrected chi connectivity index (χ2v) is 9.49. The van der Waals surface area contributed by atoms with Gasteiger partial charge in [-0.15, -0.1) is 0 Å². The molecule has 0 aliphatic heterocycles. The number of nitrogens with zero attached hydrogens (tertiary/aromatic N) is 1. The fourth-order valence-corrected chi connectivity index (χ4v) is 4.84. The van der Waals surface area contributed by atoms with E-state index in [-0.39, 0.29) is 11.1 Å². The SMILES string of the molecule is Cc1noc(=O)c2ccc(NC(=O)C(O)(CC(C)(C)c3cccc4c3CCC4)C(F)(F)F)cc12. The predicted octanol–water partition coefficient (Wildman–Crippen LogP) is 4.58. The average Bonchev–Trinajstić information content (AvgIpc) is 3.24. The van der Waals surface area contributed by atoms with Crippen molar-refractivity contribution in [1.29, 1.82) is 0 Å². The van der Waals surface area contributed by atoms with E-state index in [4.69, 9.17) is 0 Å². The van der Waals surface area contributed by atoms with Gasteiger partial charge < -0.3 is 14.9 Å². The first-order valence-corrected chi connectivity index (χ1v) is 11.0. The van der Waals surface area contributed by atoms with E-state index in [0.29, 0.717) is 16.6 Å². The molecule has 0 saturated carbocycles. The molecule has 0 radical (unpaired) electrons. The number of aryl methyl sites for hydroxylation is 2. The van der Waals surface area contributed by atoms with Crippen LogP contribution in [-0.4, -0.2) is 27.9 Å². The van der Waals surface area contributed by atoms with Crippen LogP contribution in [0.25, 0.3) is 10.8 Å². The van der Waals surface area contributed by atoms with Gasteiger partial charge in [-0.3, -0.25) is 4.79 Å². The fraction of sp³-hybridized carbons (Fsp3) is 0.400. The van der Waals surface area contributed by atoms with Gasteiger partial charge in [-0.25, -0.2) is 4.79 Å². The maximum absolute atomic E-state index is 14.2. The number of aromatic nitrogens is 1. The van der Waals surface area contributed by atoms with Crippen molar-refractivity contribution >= 4 is 22.4 Å². The normalized spacial score (nSPS) is 15.7. The molecule has 2 aromatic carbocycles. The van der Waals surface area contributed by atoms with E-state index < -0.39 is 35.1 Å². The number of halogens is 3. The molecule has 1 amide bonds. The Labute approximate surface area is 193 Å². The molecule has 1 unspecified atom stereocenters. The highest BCUT2D eigenvalue weighted by Gasteiger charge is 2.61. The van der Waals surface area contributed by atoms with Gasteiger partial charge >= 0.3 is 11.8 Å². The molecule has 0 fully saturated rings. The number of alkyl halides is 3. The Hall–Kier alpha value is -3.20. The maximum Gasteiger partial charge on any atom is 0.426 e. The van der Waals surface area contributed by atoms with Crippen LogP contribution in [0.5, 0.6) is 0 Å². The van der Waals surface area contributed by atoms with Crippen molar-refractivity contribution in [2.75, 3.05) is 5.32 Å². The second-order valence-electron chi connectivity index (χ2n) is 9.49. The Kier molecular flexibility index (Phi) is 5.80. The van der Waals surface area contributed by atoms with Gasteiger partial charge in [-0.05, 0) is 66.5 Å². The van der Waals surface area contributed by atoms with Crippen molar-refractivity contribution in [2.45, 2.75) is 63.6 Å². The lowest BCUT2D eigenvalue weighted by Gasteiger charge is -2.37. The summed E-state index contributed by atoms with van der Waals surface area (Å²) < 4.78 is 47.2. The number of anilines is 1. The van der Waals surface area contributed by atoms with Gasteiger partial charge in [0.15, 0.2) is 0 Å². The number of fused-ring (bicyclic) bond motifs is 2. The molecule has 0 saturated heterocycles. The summed E-state index contributed by atoms with van der Waals surface area (Å²) in [6.07, 6.45) is -3.55. The van der Waals surface area contributed by atoms with Crippen LogP contribution in [0, 0.1) is 6.92 Å². The van der Waals surface area contributed by atoms with Gasteiger partial charge in [0.05, 0.1) is 11.1 Å². The number of carbonyl (C=O) groups excluding carboxylic acids is 1. The van der Waals surface area contributed by atoms with Crippen molar-refractivity contribution in [2.24, 2.45) is 0 Å². The standard InChI is InChI=1S/C25H25F3N2O4/c1-14-19-12-16(10-11-18(19)21(31)34-30-14)29-22(32)24(33,25(26,27)28)13-23(2,3)20-9-5-7-15-6-4-8-17(15)20/h5,7,9-12,33H,4,6,8,13H2,1-3H3,(H,29,32). The first-order chi connectivity index (χ1) is 15.8. The van der Waals surface area contributed by atoms with Crippen molar-refractivity contribution in [3.05, 3.63) is 69.2 Å². The van der Waals surface area contributed by atoms with Gasteiger partial charge in [0, 0.05) is 17.5 Å². The molecule has 6 nitrogen and oxygen atoms in total. The van der Waals surface area contributed by atoms with E-state index in [9.17, 15) is 27.9 Å². The molecule has 34 heavy (non-hydrogen) atoms. The number of hydrogen-bond donors (Lipinski definition) is 2. The zero-order chi connectivity index (χ0) is 24.9. The number of carbonyl (C=O) groups is 1. The quantitative estimate of drug-likeness (QED) is 0.565. The molecule has 1 heterocycles. The second kappa shape index (κ2) is 8.23. The minimum atomic E-state index is -5.22. The number of rotatable bonds is 5. The molecule has 0 spiro atoms. The van der Waals surface area contributed by atoms with E-state index >= 15 is 0 Å². The molecule has 180 valence electrons. The first-order valence-electron chi connectivity index (χ1n) is 11.0. The maximum atomic E-state index is 14.2. The molecule has 4 rings (SSSR count). The van der Waals surface area contributed by atoms with Crippen LogP contribution in [0.3, 0.4) is 0 Å². The number of benzene rings is 2. The number of amides is 1. The highest BCUT2D eigenvalue weighted by molar-refractivity contribution is 5.99. The highest BCUT2D eigenvalue weighted by atomic mass is 19.4. The Morgan fingerprint density at radius 3 is 2.59 bits per heavy atom. The molecular weight excluding hydrogens is 449 g/mol. The van der Waals surface area contributed by atoms with E-state index in [2.05, 4.69) is 15.0 Å². The molecule has 1 aliphatic rings. The minimum Gasteiger partial charge on any atom is -0.373 e. The summed E-state index contributed by atoms with van der Waals surface area (Å²) in [5, 5.41) is 17.1. The van der Waals surface area contributed by atoms with Crippen LogP contribution in [0.1, 0.15) is 49.1 Å². The van der Waals surface area contributed by atoms with Gasteiger partial charge in [0.25, 0.3) is 5.91 Å². The molecule has 1 atom stereocenters. The summed E-state index contributed by atoms with van der Waals surface area (Å²) in [5.74, 6) is -1.59. The van der Waals surface area contributed by atoms with Crippen LogP contribution in [0.15, 0.2) is 45.7 Å². The monoisotopic (exact) mass is 474 g/mol. The third kappa shape index (κ3) is 4.09. The van der Waals surface area contributed by atoms with E-state index in [1.54, 1.807) is 32.9 Å². The summed E-state index contributed by atoms with van der Waals surface area (Å²) in [6.45, 7) is 4.77. The summed E-state index contributed by atoms with van der Waals surface area (Å²) in [5.41, 5.74) is -2.37. The smallest absolute Gasteiger partial charge is 0.373 e. The van der Waals surface area contributed by atoms with Gasteiger partial charge in [0.1, 0.15) is 0 Å². The molecule has 0 bridgehead atoms. The van der Waals surface area contributed by atoms with E-state index in [1.807, 2.05) is 6.07 Å². The Balaban J connectivity index is 1.68. The van der Waals surface area contributed by atoms with Crippen LogP contribution in [0.4, 0.5) is 18.9 Å². The van der Waals surface area contributed by atoms with Crippen molar-refractivity contribution < 1.29 is 27.6 Å². The molecular formula is C25H25F3N2O4. The minimum absolute atomic E-state index is 0.00548. The number of nitrogens with one attached hydrogen (secondary N) is 1. The van der Waals surface area contributed by atoms with Crippen molar-refractivity contribution in [3.8, 4) is 0 Å². The topological polar surface area (TPSA) is 92.4 Å². The third-order valence-corrected chi connectivity index (χ3v) is 6.57. The van der Waals surface area contributed by atoms with E-state index in [1.165, 1.54) is 18.2 Å². The predicted molar refractivity (Wildman–Crippen MR) is 121 cm³/mol. The molecule has 1 aromatic heterocycles. The average molecular weight is 474 g/mol. The van der Waals surface area contributed by atoms with Crippen LogP contribution < -0.4 is 10.9 Å². The lowest BCUT2D eigenvalue weighted by atomic mass is 9.72. The summed E-state index contributed by atoms with van der Waals surface area (Å²) in [6, 6.07) is 9.47. The Bertz CT molecular complexity index is 1330. The zero-order valence-corrected chi connectivity index (χ0v) is 19.0. The lowest BCUT2D eigenvalue weighted by Crippen LogP contribution is -2.57. The Morgan fingerprint density at radius 1 is 1.15 bits per heavy atom. The van der Waals surface area contributed by atoms with Gasteiger partial charge in [0.2, 0.25) is 5.60 Å². The zero-order valence-electron chi connectivity index (χ0n) is 19.0. The van der Waals surface area contributed by atoms with Gasteiger partial charge in [-0.1, -0.05) is 37.2 Å². The van der Waals surface area contributed by atoms with Crippen LogP contribution >= 0.6 is 0 Å². The largest absolute Gasteiger partial charge is 0.426 e. The highest BCUT2D eigenvalue weighted by Crippen LogP contribution is 2.44. The third-order valence-electron chi connectivity index (χ3n) is 6.57. The van der Waals surface area contributed by atoms with Crippen molar-refractivity contribution in [1.82, 2.24) is 5.16 Å². The molecule has 1 aliphatic carbocycles. The summed E-state index contributed by atoms with van der Waals surface area (Å²) in [4.78, 5) is 24.8. The van der Waals surface area contributed by atoms with E-state index in [0.717, 1.165) is 30.4 Å². The van der Waals surface area contributed by atoms with Gasteiger partial charge in [-0.2, -0.15) is 13.2 Å². The fourth-order valence-electron chi connectivity index (χ4n) is 4.84. The first kappa shape index (κ1) is 23.9. The lowest BCUT2D eigenvalue weighted by molar-refractivity contribution is -0.254. The molecule has 9 heteroatoms. The summed E-state index contributed by atoms with van der Waals surface area (Å²) in [7, 11) is 0.